The van der Waals surface area contributed by atoms with Crippen molar-refractivity contribution in [3.05, 3.63) is 29.3 Å². The monoisotopic (exact) mass is 319 g/mol. The van der Waals surface area contributed by atoms with E-state index in [0.717, 1.165) is 18.4 Å². The van der Waals surface area contributed by atoms with E-state index in [9.17, 15) is 9.59 Å². The number of carbonyl (C=O) groups excluding carboxylic acids is 2. The van der Waals surface area contributed by atoms with Crippen molar-refractivity contribution in [1.29, 1.82) is 0 Å². The maximum Gasteiger partial charge on any atom is 0.344 e. The smallest absolute Gasteiger partial charge is 0.344 e. The largest absolute Gasteiger partial charge is 0.482 e. The van der Waals surface area contributed by atoms with Crippen molar-refractivity contribution in [3.8, 4) is 5.75 Å². The van der Waals surface area contributed by atoms with Gasteiger partial charge in [-0.2, -0.15) is 0 Å². The van der Waals surface area contributed by atoms with E-state index in [1.807, 2.05) is 25.1 Å². The molecular weight excluding hydrogens is 294 g/mol. The van der Waals surface area contributed by atoms with Crippen LogP contribution in [0.15, 0.2) is 18.2 Å². The van der Waals surface area contributed by atoms with Gasteiger partial charge in [0, 0.05) is 6.04 Å². The van der Waals surface area contributed by atoms with Crippen LogP contribution in [0.2, 0.25) is 0 Å². The van der Waals surface area contributed by atoms with Crippen LogP contribution < -0.4 is 10.1 Å². The number of esters is 1. The van der Waals surface area contributed by atoms with E-state index >= 15 is 0 Å². The Morgan fingerprint density at radius 2 is 1.96 bits per heavy atom. The molecule has 1 fully saturated rings. The first-order chi connectivity index (χ1) is 10.9. The van der Waals surface area contributed by atoms with Gasteiger partial charge in [-0.15, -0.1) is 0 Å². The summed E-state index contributed by atoms with van der Waals surface area (Å²) in [5.74, 6) is 0.269. The third-order valence-electron chi connectivity index (χ3n) is 3.82. The number of ether oxygens (including phenoxy) is 2. The van der Waals surface area contributed by atoms with Crippen molar-refractivity contribution in [1.82, 2.24) is 5.32 Å². The first-order valence-corrected chi connectivity index (χ1v) is 8.10. The lowest BCUT2D eigenvalue weighted by Gasteiger charge is -2.14. The number of hydrogen-bond donors (Lipinski definition) is 1. The average Bonchev–Trinajstić information content (AvgIpc) is 3.28. The molecule has 0 bridgehead atoms. The Morgan fingerprint density at radius 3 is 2.52 bits per heavy atom. The molecular formula is C18H25NO4. The summed E-state index contributed by atoms with van der Waals surface area (Å²) < 4.78 is 10.5. The van der Waals surface area contributed by atoms with Gasteiger partial charge in [0.05, 0.1) is 0 Å². The molecule has 0 saturated heterocycles. The highest BCUT2D eigenvalue weighted by atomic mass is 16.6. The Hall–Kier alpha value is -2.04. The van der Waals surface area contributed by atoms with E-state index in [1.54, 1.807) is 6.92 Å². The van der Waals surface area contributed by atoms with Crippen LogP contribution in [0.4, 0.5) is 0 Å². The van der Waals surface area contributed by atoms with Crippen molar-refractivity contribution in [2.45, 2.75) is 58.6 Å². The standard InChI is InChI=1S/C18H25NO4/c1-11(2)16-8-7-15(9-12(16)3)22-10-17(20)23-13(4)18(21)19-14-5-6-14/h7-9,11,13-14H,5-6,10H2,1-4H3,(H,19,21)/t13-/m1/s1. The number of rotatable bonds is 7. The summed E-state index contributed by atoms with van der Waals surface area (Å²) in [5.41, 5.74) is 2.38. The molecule has 5 heteroatoms. The number of benzene rings is 1. The van der Waals surface area contributed by atoms with E-state index in [1.165, 1.54) is 5.56 Å². The normalized spacial score (nSPS) is 15.2. The van der Waals surface area contributed by atoms with Crippen LogP contribution in [0.5, 0.6) is 5.75 Å². The number of nitrogens with one attached hydrogen (secondary N) is 1. The molecule has 0 heterocycles. The zero-order chi connectivity index (χ0) is 17.0. The summed E-state index contributed by atoms with van der Waals surface area (Å²) in [6.45, 7) is 7.64. The molecule has 1 aromatic carbocycles. The van der Waals surface area contributed by atoms with Gasteiger partial charge in [-0.25, -0.2) is 4.79 Å². The lowest BCUT2D eigenvalue weighted by Crippen LogP contribution is -2.37. The minimum Gasteiger partial charge on any atom is -0.482 e. The molecule has 2 rings (SSSR count). The van der Waals surface area contributed by atoms with E-state index in [-0.39, 0.29) is 18.6 Å². The van der Waals surface area contributed by atoms with Gasteiger partial charge in [0.15, 0.2) is 12.7 Å². The van der Waals surface area contributed by atoms with Gasteiger partial charge in [0.2, 0.25) is 0 Å². The molecule has 1 atom stereocenters. The van der Waals surface area contributed by atoms with Gasteiger partial charge in [-0.05, 0) is 55.9 Å². The lowest BCUT2D eigenvalue weighted by molar-refractivity contribution is -0.156. The van der Waals surface area contributed by atoms with Crippen molar-refractivity contribution in [2.24, 2.45) is 0 Å². The minimum atomic E-state index is -0.795. The summed E-state index contributed by atoms with van der Waals surface area (Å²) in [5, 5.41) is 2.80. The van der Waals surface area contributed by atoms with E-state index < -0.39 is 12.1 Å². The van der Waals surface area contributed by atoms with Crippen LogP contribution in [0.1, 0.15) is 50.7 Å². The number of aryl methyl sites for hydroxylation is 1. The molecule has 0 spiro atoms. The second-order valence-corrected chi connectivity index (χ2v) is 6.38. The second kappa shape index (κ2) is 7.49. The Labute approximate surface area is 137 Å². The molecule has 0 aliphatic heterocycles. The fourth-order valence-electron chi connectivity index (χ4n) is 2.36. The third kappa shape index (κ3) is 5.27. The maximum atomic E-state index is 11.8. The first kappa shape index (κ1) is 17.3. The summed E-state index contributed by atoms with van der Waals surface area (Å²) in [6.07, 6.45) is 1.21. The fraction of sp³-hybridized carbons (Fsp3) is 0.556. The molecule has 126 valence electrons. The van der Waals surface area contributed by atoms with Crippen LogP contribution in [-0.2, 0) is 14.3 Å². The van der Waals surface area contributed by atoms with E-state index in [0.29, 0.717) is 11.7 Å². The molecule has 1 saturated carbocycles. The topological polar surface area (TPSA) is 64.6 Å². The Kier molecular flexibility index (Phi) is 5.64. The van der Waals surface area contributed by atoms with Crippen LogP contribution >= 0.6 is 0 Å². The predicted molar refractivity (Wildman–Crippen MR) is 87.5 cm³/mol. The lowest BCUT2D eigenvalue weighted by atomic mass is 9.98. The molecule has 0 radical (unpaired) electrons. The number of carbonyl (C=O) groups is 2. The highest BCUT2D eigenvalue weighted by Crippen LogP contribution is 2.23. The van der Waals surface area contributed by atoms with Gasteiger partial charge < -0.3 is 14.8 Å². The molecule has 1 aliphatic rings. The third-order valence-corrected chi connectivity index (χ3v) is 3.82. The second-order valence-electron chi connectivity index (χ2n) is 6.38. The summed E-state index contributed by atoms with van der Waals surface area (Å²) in [7, 11) is 0. The van der Waals surface area contributed by atoms with Crippen molar-refractivity contribution >= 4 is 11.9 Å². The first-order valence-electron chi connectivity index (χ1n) is 8.10. The van der Waals surface area contributed by atoms with Crippen LogP contribution in [0, 0.1) is 6.92 Å². The van der Waals surface area contributed by atoms with Crippen LogP contribution in [-0.4, -0.2) is 30.6 Å². The molecule has 0 aromatic heterocycles. The van der Waals surface area contributed by atoms with Crippen molar-refractivity contribution in [2.75, 3.05) is 6.61 Å². The van der Waals surface area contributed by atoms with E-state index in [2.05, 4.69) is 19.2 Å². The predicted octanol–water partition coefficient (Wildman–Crippen LogP) is 2.71. The molecule has 1 aliphatic carbocycles. The van der Waals surface area contributed by atoms with Gasteiger partial charge in [0.25, 0.3) is 5.91 Å². The van der Waals surface area contributed by atoms with Crippen molar-refractivity contribution < 1.29 is 19.1 Å². The maximum absolute atomic E-state index is 11.8. The van der Waals surface area contributed by atoms with Crippen LogP contribution in [0.3, 0.4) is 0 Å². The molecule has 1 N–H and O–H groups in total. The molecule has 5 nitrogen and oxygen atoms in total. The quantitative estimate of drug-likeness (QED) is 0.785. The van der Waals surface area contributed by atoms with E-state index in [4.69, 9.17) is 9.47 Å². The average molecular weight is 319 g/mol. The molecule has 1 amide bonds. The Balaban J connectivity index is 1.79. The highest BCUT2D eigenvalue weighted by molar-refractivity contribution is 5.84. The Bertz CT molecular complexity index is 578. The summed E-state index contributed by atoms with van der Waals surface area (Å²) in [4.78, 5) is 23.5. The molecule has 23 heavy (non-hydrogen) atoms. The zero-order valence-electron chi connectivity index (χ0n) is 14.2. The van der Waals surface area contributed by atoms with Crippen molar-refractivity contribution in [3.63, 3.8) is 0 Å². The van der Waals surface area contributed by atoms with Gasteiger partial charge in [-0.1, -0.05) is 19.9 Å². The molecule has 1 aromatic rings. The van der Waals surface area contributed by atoms with Gasteiger partial charge in [-0.3, -0.25) is 4.79 Å². The summed E-state index contributed by atoms with van der Waals surface area (Å²) >= 11 is 0. The fourth-order valence-corrected chi connectivity index (χ4v) is 2.36. The van der Waals surface area contributed by atoms with Gasteiger partial charge >= 0.3 is 5.97 Å². The highest BCUT2D eigenvalue weighted by Gasteiger charge is 2.27. The zero-order valence-corrected chi connectivity index (χ0v) is 14.2. The SMILES string of the molecule is Cc1cc(OCC(=O)O[C@H](C)C(=O)NC2CC2)ccc1C(C)C. The Morgan fingerprint density at radius 1 is 1.26 bits per heavy atom. The van der Waals surface area contributed by atoms with Gasteiger partial charge in [0.1, 0.15) is 5.75 Å². The summed E-state index contributed by atoms with van der Waals surface area (Å²) in [6, 6.07) is 6.01. The number of hydrogen-bond acceptors (Lipinski definition) is 4. The van der Waals surface area contributed by atoms with Crippen LogP contribution in [0.25, 0.3) is 0 Å². The minimum absolute atomic E-state index is 0.207. The number of amides is 1. The molecule has 0 unspecified atom stereocenters.